The number of carbonyl (C=O) groups excluding carboxylic acids is 4. The number of imide groups is 2. The number of urea groups is 1. The first kappa shape index (κ1) is 23.2. The summed E-state index contributed by atoms with van der Waals surface area (Å²) in [7, 11) is 1.49. The molecule has 1 aromatic carbocycles. The van der Waals surface area contributed by atoms with Crippen molar-refractivity contribution in [3.8, 4) is 0 Å². The number of anilines is 1. The molecule has 13 heteroatoms. The number of rotatable bonds is 4. The molecule has 12 nitrogen and oxygen atoms in total. The van der Waals surface area contributed by atoms with Gasteiger partial charge < -0.3 is 24.2 Å². The van der Waals surface area contributed by atoms with Crippen molar-refractivity contribution in [2.24, 2.45) is 5.41 Å². The highest BCUT2D eigenvalue weighted by Crippen LogP contribution is 2.49. The lowest BCUT2D eigenvalue weighted by Crippen LogP contribution is -2.75. The third kappa shape index (κ3) is 3.37. The Kier molecular flexibility index (Phi) is 5.48. The Labute approximate surface area is 198 Å². The number of benzene rings is 1. The lowest BCUT2D eigenvalue weighted by atomic mass is 9.66. The number of fused-ring (bicyclic) bond motifs is 5. The molecule has 0 bridgehead atoms. The maximum atomic E-state index is 15.9. The van der Waals surface area contributed by atoms with Crippen LogP contribution in [0.25, 0.3) is 11.0 Å². The summed E-state index contributed by atoms with van der Waals surface area (Å²) >= 11 is 0. The monoisotopic (exact) mass is 489 g/mol. The van der Waals surface area contributed by atoms with Crippen molar-refractivity contribution in [3.05, 3.63) is 23.1 Å². The molecular formula is C22H24FN5O7. The number of nitrogens with one attached hydrogen (secondary N) is 3. The topological polar surface area (TPSA) is 152 Å². The summed E-state index contributed by atoms with van der Waals surface area (Å²) in [4.78, 5) is 52.5. The average Bonchev–Trinajstić information content (AvgIpc) is 3.21. The van der Waals surface area contributed by atoms with Crippen LogP contribution in [-0.4, -0.2) is 74.0 Å². The molecule has 3 N–H and O–H groups in total. The Bertz CT molecular complexity index is 1240. The van der Waals surface area contributed by atoms with Gasteiger partial charge in [-0.1, -0.05) is 5.16 Å². The highest BCUT2D eigenvalue weighted by Gasteiger charge is 2.63. The highest BCUT2D eigenvalue weighted by atomic mass is 19.1. The maximum Gasteiger partial charge on any atom is 0.328 e. The van der Waals surface area contributed by atoms with Crippen LogP contribution in [0.15, 0.2) is 10.6 Å². The van der Waals surface area contributed by atoms with Gasteiger partial charge in [0.2, 0.25) is 17.4 Å². The second-order valence-corrected chi connectivity index (χ2v) is 8.99. The van der Waals surface area contributed by atoms with Gasteiger partial charge in [-0.25, -0.2) is 9.18 Å². The average molecular weight is 489 g/mol. The summed E-state index contributed by atoms with van der Waals surface area (Å²) in [5, 5.41) is 10.8. The van der Waals surface area contributed by atoms with Gasteiger partial charge in [0.1, 0.15) is 0 Å². The van der Waals surface area contributed by atoms with Crippen molar-refractivity contribution < 1.29 is 37.6 Å². The Morgan fingerprint density at radius 3 is 2.71 bits per heavy atom. The van der Waals surface area contributed by atoms with Crippen LogP contribution in [-0.2, 0) is 25.5 Å². The summed E-state index contributed by atoms with van der Waals surface area (Å²) in [6.45, 7) is 4.15. The summed E-state index contributed by atoms with van der Waals surface area (Å²) in [5.41, 5.74) is -1.66. The number of hydrogen-bond donors (Lipinski definition) is 3. The largest absolute Gasteiger partial charge is 0.383 e. The van der Waals surface area contributed by atoms with Crippen molar-refractivity contribution in [2.45, 2.75) is 38.5 Å². The van der Waals surface area contributed by atoms with E-state index in [2.05, 4.69) is 21.1 Å². The highest BCUT2D eigenvalue weighted by molar-refractivity contribution is 6.20. The second kappa shape index (κ2) is 8.27. The standard InChI is InChI=1S/C22H24FN5O7/c1-9-8-28-15-11(6-12-14(18(29)24-4-5-33-3)27-35-16(12)13(15)23)7-22(17(28)10(2)34-9)19(30)25-21(32)26-20(22)31/h6,9-10,17H,4-5,7-8H2,1-3H3,(H,24,29)(H2,25,26,30,31,32)/t9-,10+,17-/m1/s1. The van der Waals surface area contributed by atoms with Crippen LogP contribution in [0.1, 0.15) is 29.9 Å². The van der Waals surface area contributed by atoms with Crippen molar-refractivity contribution in [3.63, 3.8) is 0 Å². The summed E-state index contributed by atoms with van der Waals surface area (Å²) in [6, 6.07) is -0.308. The van der Waals surface area contributed by atoms with Crippen molar-refractivity contribution in [1.82, 2.24) is 21.1 Å². The first-order valence-corrected chi connectivity index (χ1v) is 11.2. The Morgan fingerprint density at radius 1 is 1.31 bits per heavy atom. The molecule has 0 saturated carbocycles. The fourth-order valence-corrected chi connectivity index (χ4v) is 5.46. The zero-order valence-corrected chi connectivity index (χ0v) is 19.3. The Morgan fingerprint density at radius 2 is 2.03 bits per heavy atom. The van der Waals surface area contributed by atoms with Crippen LogP contribution in [0, 0.1) is 11.2 Å². The number of aromatic nitrogens is 1. The van der Waals surface area contributed by atoms with Gasteiger partial charge >= 0.3 is 6.03 Å². The molecule has 186 valence electrons. The van der Waals surface area contributed by atoms with E-state index in [1.807, 2.05) is 0 Å². The van der Waals surface area contributed by atoms with E-state index in [0.717, 1.165) is 0 Å². The number of ether oxygens (including phenoxy) is 2. The molecule has 3 atom stereocenters. The van der Waals surface area contributed by atoms with E-state index in [1.54, 1.807) is 18.7 Å². The van der Waals surface area contributed by atoms with E-state index in [0.29, 0.717) is 5.56 Å². The van der Waals surface area contributed by atoms with Gasteiger partial charge in [-0.2, -0.15) is 0 Å². The Hall–Kier alpha value is -3.58. The van der Waals surface area contributed by atoms with Crippen LogP contribution >= 0.6 is 0 Å². The van der Waals surface area contributed by atoms with E-state index < -0.39 is 47.1 Å². The van der Waals surface area contributed by atoms with Gasteiger partial charge in [0, 0.05) is 26.6 Å². The van der Waals surface area contributed by atoms with Gasteiger partial charge in [0.15, 0.2) is 16.9 Å². The zero-order chi connectivity index (χ0) is 25.1. The van der Waals surface area contributed by atoms with Crippen LogP contribution < -0.4 is 20.9 Å². The van der Waals surface area contributed by atoms with Gasteiger partial charge in [0.25, 0.3) is 5.91 Å². The molecule has 4 heterocycles. The fourth-order valence-electron chi connectivity index (χ4n) is 5.46. The van der Waals surface area contributed by atoms with Crippen LogP contribution in [0.4, 0.5) is 14.9 Å². The van der Waals surface area contributed by atoms with Crippen molar-refractivity contribution in [2.75, 3.05) is 31.7 Å². The van der Waals surface area contributed by atoms with E-state index in [9.17, 15) is 19.2 Å². The zero-order valence-electron chi connectivity index (χ0n) is 19.3. The summed E-state index contributed by atoms with van der Waals surface area (Å²) < 4.78 is 32.0. The van der Waals surface area contributed by atoms with Crippen molar-refractivity contribution >= 4 is 40.4 Å². The molecule has 0 aliphatic carbocycles. The predicted octanol–water partition coefficient (Wildman–Crippen LogP) is 0.234. The number of nitrogens with zero attached hydrogens (tertiary/aromatic N) is 2. The minimum absolute atomic E-state index is 0.104. The molecule has 2 saturated heterocycles. The molecule has 2 fully saturated rings. The predicted molar refractivity (Wildman–Crippen MR) is 117 cm³/mol. The third-order valence-electron chi connectivity index (χ3n) is 6.77. The van der Waals surface area contributed by atoms with E-state index in [4.69, 9.17) is 14.0 Å². The fraction of sp³-hybridized carbons (Fsp3) is 0.500. The normalized spacial score (nSPS) is 25.2. The minimum atomic E-state index is -1.77. The quantitative estimate of drug-likeness (QED) is 0.405. The number of carbonyl (C=O) groups is 4. The van der Waals surface area contributed by atoms with Gasteiger partial charge in [-0.15, -0.1) is 0 Å². The molecule has 3 aliphatic rings. The molecular weight excluding hydrogens is 465 g/mol. The van der Waals surface area contributed by atoms with Crippen LogP contribution in [0.2, 0.25) is 0 Å². The third-order valence-corrected chi connectivity index (χ3v) is 6.77. The molecule has 5 amide bonds. The molecule has 1 aromatic heterocycles. The van der Waals surface area contributed by atoms with Crippen molar-refractivity contribution in [1.29, 1.82) is 0 Å². The first-order chi connectivity index (χ1) is 16.7. The maximum absolute atomic E-state index is 15.9. The minimum Gasteiger partial charge on any atom is -0.383 e. The summed E-state index contributed by atoms with van der Waals surface area (Å²) in [5.74, 6) is -2.92. The van der Waals surface area contributed by atoms with Gasteiger partial charge in [0.05, 0.1) is 35.9 Å². The number of hydrogen-bond acceptors (Lipinski definition) is 9. The Balaban J connectivity index is 1.68. The smallest absolute Gasteiger partial charge is 0.328 e. The summed E-state index contributed by atoms with van der Waals surface area (Å²) in [6.07, 6.45) is -1.21. The molecule has 2 aromatic rings. The van der Waals surface area contributed by atoms with E-state index in [-0.39, 0.29) is 54.6 Å². The lowest BCUT2D eigenvalue weighted by Gasteiger charge is -2.55. The van der Waals surface area contributed by atoms with Crippen LogP contribution in [0.3, 0.4) is 0 Å². The first-order valence-electron chi connectivity index (χ1n) is 11.2. The molecule has 3 aliphatic heterocycles. The molecule has 1 spiro atoms. The number of halogens is 1. The van der Waals surface area contributed by atoms with E-state index in [1.165, 1.54) is 13.2 Å². The number of morpholine rings is 1. The number of amides is 5. The van der Waals surface area contributed by atoms with Crippen LogP contribution in [0.5, 0.6) is 0 Å². The molecule has 0 unspecified atom stereocenters. The SMILES string of the molecule is COCCNC(=O)c1noc2c(F)c3c(cc12)CC1(C(=O)NC(=O)NC1=O)[C@H]1[C@H](C)O[C@H](C)CN31. The number of methoxy groups -OCH3 is 1. The lowest BCUT2D eigenvalue weighted by molar-refractivity contribution is -0.153. The molecule has 35 heavy (non-hydrogen) atoms. The van der Waals surface area contributed by atoms with E-state index >= 15 is 4.39 Å². The second-order valence-electron chi connectivity index (χ2n) is 8.99. The van der Waals surface area contributed by atoms with Gasteiger partial charge in [-0.05, 0) is 25.5 Å². The molecule has 0 radical (unpaired) electrons. The molecule has 5 rings (SSSR count). The van der Waals surface area contributed by atoms with Gasteiger partial charge in [-0.3, -0.25) is 25.0 Å². The number of barbiturate groups is 1.